The highest BCUT2D eigenvalue weighted by Gasteiger charge is 2.12. The van der Waals surface area contributed by atoms with Crippen LogP contribution in [0.25, 0.3) is 0 Å². The first-order valence-corrected chi connectivity index (χ1v) is 7.20. The van der Waals surface area contributed by atoms with Crippen LogP contribution in [0.4, 0.5) is 5.13 Å². The molecule has 3 nitrogen and oxygen atoms in total. The fraction of sp³-hybridized carbons (Fsp3) is 0.385. The van der Waals surface area contributed by atoms with Crippen molar-refractivity contribution in [1.82, 2.24) is 10.2 Å². The van der Waals surface area contributed by atoms with Gasteiger partial charge in [-0.2, -0.15) is 0 Å². The van der Waals surface area contributed by atoms with Crippen LogP contribution >= 0.6 is 22.9 Å². The minimum atomic E-state index is 0.264. The first kappa shape index (κ1) is 13.3. The molecule has 1 unspecified atom stereocenters. The Morgan fingerprint density at radius 1 is 1.28 bits per heavy atom. The van der Waals surface area contributed by atoms with E-state index in [0.717, 1.165) is 28.0 Å². The van der Waals surface area contributed by atoms with Crippen molar-refractivity contribution in [2.45, 2.75) is 32.7 Å². The molecule has 0 fully saturated rings. The van der Waals surface area contributed by atoms with Crippen molar-refractivity contribution in [2.75, 3.05) is 5.32 Å². The summed E-state index contributed by atoms with van der Waals surface area (Å²) in [6.45, 7) is 4.13. The fourth-order valence-electron chi connectivity index (χ4n) is 1.81. The Hall–Kier alpha value is -1.13. The summed E-state index contributed by atoms with van der Waals surface area (Å²) in [5.41, 5.74) is 1.23. The molecule has 0 amide bonds. The van der Waals surface area contributed by atoms with Gasteiger partial charge in [0.15, 0.2) is 0 Å². The summed E-state index contributed by atoms with van der Waals surface area (Å²) in [6.07, 6.45) is 2.17. The van der Waals surface area contributed by atoms with E-state index in [1.165, 1.54) is 5.56 Å². The van der Waals surface area contributed by atoms with Gasteiger partial charge in [0, 0.05) is 5.02 Å². The van der Waals surface area contributed by atoms with Crippen LogP contribution in [-0.4, -0.2) is 10.2 Å². The maximum Gasteiger partial charge on any atom is 0.206 e. The Morgan fingerprint density at radius 2 is 2.00 bits per heavy atom. The zero-order valence-corrected chi connectivity index (χ0v) is 12.1. The van der Waals surface area contributed by atoms with E-state index in [2.05, 4.69) is 34.6 Å². The summed E-state index contributed by atoms with van der Waals surface area (Å²) < 4.78 is 0. The molecule has 0 bridgehead atoms. The average molecular weight is 282 g/mol. The SMILES string of the molecule is CCCC(Nc1nnc(C)s1)c1ccc(Cl)cc1. The molecular formula is C13H16ClN3S. The van der Waals surface area contributed by atoms with Crippen LogP contribution in [0.15, 0.2) is 24.3 Å². The molecule has 0 aliphatic heterocycles. The molecule has 0 saturated carbocycles. The van der Waals surface area contributed by atoms with Crippen LogP contribution in [0.3, 0.4) is 0 Å². The first-order chi connectivity index (χ1) is 8.69. The molecule has 1 N–H and O–H groups in total. The molecule has 18 heavy (non-hydrogen) atoms. The van der Waals surface area contributed by atoms with Crippen LogP contribution in [0, 0.1) is 6.92 Å². The molecule has 96 valence electrons. The number of halogens is 1. The van der Waals surface area contributed by atoms with Crippen molar-refractivity contribution in [1.29, 1.82) is 0 Å². The highest BCUT2D eigenvalue weighted by atomic mass is 35.5. The lowest BCUT2D eigenvalue weighted by Gasteiger charge is -2.17. The normalized spacial score (nSPS) is 12.4. The van der Waals surface area contributed by atoms with Crippen LogP contribution in [-0.2, 0) is 0 Å². The number of nitrogens with one attached hydrogen (secondary N) is 1. The highest BCUT2D eigenvalue weighted by molar-refractivity contribution is 7.15. The quantitative estimate of drug-likeness (QED) is 0.880. The molecule has 2 aromatic rings. The summed E-state index contributed by atoms with van der Waals surface area (Å²) in [5.74, 6) is 0. The van der Waals surface area contributed by atoms with Crippen molar-refractivity contribution < 1.29 is 0 Å². The van der Waals surface area contributed by atoms with Crippen molar-refractivity contribution >= 4 is 28.1 Å². The fourth-order valence-corrected chi connectivity index (χ4v) is 2.58. The molecule has 1 atom stereocenters. The van der Waals surface area contributed by atoms with Gasteiger partial charge >= 0.3 is 0 Å². The van der Waals surface area contributed by atoms with E-state index in [0.29, 0.717) is 0 Å². The van der Waals surface area contributed by atoms with Gasteiger partial charge in [-0.3, -0.25) is 0 Å². The number of aromatic nitrogens is 2. The standard InChI is InChI=1S/C13H16ClN3S/c1-3-4-12(10-5-7-11(14)8-6-10)15-13-17-16-9(2)18-13/h5-8,12H,3-4H2,1-2H3,(H,15,17). The summed E-state index contributed by atoms with van der Waals surface area (Å²) in [5, 5.41) is 14.2. The van der Waals surface area contributed by atoms with E-state index < -0.39 is 0 Å². The van der Waals surface area contributed by atoms with Gasteiger partial charge in [-0.1, -0.05) is 48.4 Å². The number of benzene rings is 1. The molecule has 0 aliphatic rings. The average Bonchev–Trinajstić information content (AvgIpc) is 2.75. The smallest absolute Gasteiger partial charge is 0.206 e. The summed E-state index contributed by atoms with van der Waals surface area (Å²) >= 11 is 7.50. The molecule has 1 aromatic carbocycles. The molecule has 2 rings (SSSR count). The second kappa shape index (κ2) is 6.16. The Kier molecular flexibility index (Phi) is 4.55. The van der Waals surface area contributed by atoms with Gasteiger partial charge in [0.05, 0.1) is 6.04 Å². The molecule has 0 radical (unpaired) electrons. The third-order valence-corrected chi connectivity index (χ3v) is 3.70. The number of hydrogen-bond donors (Lipinski definition) is 1. The van der Waals surface area contributed by atoms with Gasteiger partial charge < -0.3 is 5.32 Å². The number of anilines is 1. The third-order valence-electron chi connectivity index (χ3n) is 2.67. The molecule has 1 aromatic heterocycles. The van der Waals surface area contributed by atoms with E-state index in [9.17, 15) is 0 Å². The predicted molar refractivity (Wildman–Crippen MR) is 77.4 cm³/mol. The van der Waals surface area contributed by atoms with Gasteiger partial charge in [0.25, 0.3) is 0 Å². The van der Waals surface area contributed by atoms with Crippen LogP contribution in [0.5, 0.6) is 0 Å². The van der Waals surface area contributed by atoms with Crippen molar-refractivity contribution in [3.05, 3.63) is 39.9 Å². The predicted octanol–water partition coefficient (Wildman–Crippen LogP) is 4.45. The van der Waals surface area contributed by atoms with Crippen molar-refractivity contribution in [3.8, 4) is 0 Å². The number of hydrogen-bond acceptors (Lipinski definition) is 4. The maximum absolute atomic E-state index is 5.92. The second-order valence-electron chi connectivity index (χ2n) is 4.16. The summed E-state index contributed by atoms with van der Waals surface area (Å²) in [4.78, 5) is 0. The monoisotopic (exact) mass is 281 g/mol. The first-order valence-electron chi connectivity index (χ1n) is 6.01. The molecule has 0 saturated heterocycles. The number of rotatable bonds is 5. The van der Waals surface area contributed by atoms with Gasteiger partial charge in [-0.25, -0.2) is 0 Å². The van der Waals surface area contributed by atoms with Gasteiger partial charge in [-0.05, 0) is 31.0 Å². The van der Waals surface area contributed by atoms with E-state index in [4.69, 9.17) is 11.6 Å². The van der Waals surface area contributed by atoms with E-state index >= 15 is 0 Å². The van der Waals surface area contributed by atoms with E-state index in [1.807, 2.05) is 19.1 Å². The minimum absolute atomic E-state index is 0.264. The number of aryl methyl sites for hydroxylation is 1. The van der Waals surface area contributed by atoms with E-state index in [-0.39, 0.29) is 6.04 Å². The van der Waals surface area contributed by atoms with Crippen molar-refractivity contribution in [2.24, 2.45) is 0 Å². The Balaban J connectivity index is 2.14. The van der Waals surface area contributed by atoms with Crippen LogP contribution < -0.4 is 5.32 Å². The molecule has 0 aliphatic carbocycles. The van der Waals surface area contributed by atoms with Crippen molar-refractivity contribution in [3.63, 3.8) is 0 Å². The topological polar surface area (TPSA) is 37.8 Å². The third kappa shape index (κ3) is 3.43. The molecule has 1 heterocycles. The Bertz CT molecular complexity index is 495. The molecular weight excluding hydrogens is 266 g/mol. The van der Waals surface area contributed by atoms with Crippen LogP contribution in [0.2, 0.25) is 5.02 Å². The zero-order valence-electron chi connectivity index (χ0n) is 10.5. The minimum Gasteiger partial charge on any atom is -0.353 e. The summed E-state index contributed by atoms with van der Waals surface area (Å²) in [7, 11) is 0. The van der Waals surface area contributed by atoms with Crippen LogP contribution in [0.1, 0.15) is 36.4 Å². The van der Waals surface area contributed by atoms with E-state index in [1.54, 1.807) is 11.3 Å². The lowest BCUT2D eigenvalue weighted by Crippen LogP contribution is -2.10. The lowest BCUT2D eigenvalue weighted by atomic mass is 10.0. The maximum atomic E-state index is 5.92. The Labute approximate surface area is 116 Å². The zero-order chi connectivity index (χ0) is 13.0. The van der Waals surface area contributed by atoms with Gasteiger partial charge in [-0.15, -0.1) is 10.2 Å². The highest BCUT2D eigenvalue weighted by Crippen LogP contribution is 2.26. The summed E-state index contributed by atoms with van der Waals surface area (Å²) in [6, 6.07) is 8.23. The van der Waals surface area contributed by atoms with Gasteiger partial charge in [0.2, 0.25) is 5.13 Å². The molecule has 0 spiro atoms. The molecule has 5 heteroatoms. The lowest BCUT2D eigenvalue weighted by molar-refractivity contribution is 0.675. The number of nitrogens with zero attached hydrogens (tertiary/aromatic N) is 2. The largest absolute Gasteiger partial charge is 0.353 e. The Morgan fingerprint density at radius 3 is 2.56 bits per heavy atom. The second-order valence-corrected chi connectivity index (χ2v) is 5.78. The van der Waals surface area contributed by atoms with Gasteiger partial charge in [0.1, 0.15) is 5.01 Å².